The van der Waals surface area contributed by atoms with Crippen molar-refractivity contribution < 1.29 is 14.6 Å². The van der Waals surface area contributed by atoms with Crippen LogP contribution in [0.4, 0.5) is 0 Å². The first-order chi connectivity index (χ1) is 6.60. The molecule has 80 valence electrons. The molecular weight excluding hydrogens is 180 g/mol. The van der Waals surface area contributed by atoms with E-state index in [1.54, 1.807) is 0 Å². The third-order valence-corrected chi connectivity index (χ3v) is 2.99. The second-order valence-electron chi connectivity index (χ2n) is 3.98. The summed E-state index contributed by atoms with van der Waals surface area (Å²) in [6.07, 6.45) is 2.68. The van der Waals surface area contributed by atoms with Gasteiger partial charge in [-0.15, -0.1) is 0 Å². The van der Waals surface area contributed by atoms with Crippen LogP contribution in [0.15, 0.2) is 12.2 Å². The number of allylic oxidation sites excluding steroid dienone is 1. The normalized spacial score (nSPS) is 20.4. The van der Waals surface area contributed by atoms with E-state index in [0.717, 1.165) is 12.0 Å². The summed E-state index contributed by atoms with van der Waals surface area (Å²) < 4.78 is 5.20. The van der Waals surface area contributed by atoms with Gasteiger partial charge in [0, 0.05) is 13.2 Å². The van der Waals surface area contributed by atoms with E-state index in [9.17, 15) is 9.90 Å². The Morgan fingerprint density at radius 1 is 1.50 bits per heavy atom. The fourth-order valence-electron chi connectivity index (χ4n) is 1.83. The Morgan fingerprint density at radius 3 is 2.50 bits per heavy atom. The summed E-state index contributed by atoms with van der Waals surface area (Å²) in [6, 6.07) is 0. The van der Waals surface area contributed by atoms with Gasteiger partial charge < -0.3 is 9.84 Å². The molecule has 0 saturated carbocycles. The topological polar surface area (TPSA) is 46.5 Å². The van der Waals surface area contributed by atoms with Crippen molar-refractivity contribution in [2.75, 3.05) is 13.2 Å². The number of carbonyl (C=O) groups is 1. The summed E-state index contributed by atoms with van der Waals surface area (Å²) >= 11 is 0. The van der Waals surface area contributed by atoms with Gasteiger partial charge >= 0.3 is 5.97 Å². The van der Waals surface area contributed by atoms with Crippen molar-refractivity contribution in [2.24, 2.45) is 5.41 Å². The smallest absolute Gasteiger partial charge is 0.310 e. The molecule has 1 fully saturated rings. The number of hydrogen-bond donors (Lipinski definition) is 1. The molecule has 0 radical (unpaired) electrons. The van der Waals surface area contributed by atoms with Crippen molar-refractivity contribution in [3.8, 4) is 0 Å². The fourth-order valence-corrected chi connectivity index (χ4v) is 1.83. The molecule has 1 aliphatic heterocycles. The predicted molar refractivity (Wildman–Crippen MR) is 54.2 cm³/mol. The van der Waals surface area contributed by atoms with Gasteiger partial charge in [-0.3, -0.25) is 4.79 Å². The van der Waals surface area contributed by atoms with Crippen LogP contribution in [0.25, 0.3) is 0 Å². The second kappa shape index (κ2) is 4.60. The first-order valence-electron chi connectivity index (χ1n) is 5.08. The number of aliphatic carboxylic acids is 1. The molecule has 0 spiro atoms. The molecule has 1 heterocycles. The average molecular weight is 198 g/mol. The van der Waals surface area contributed by atoms with E-state index in [-0.39, 0.29) is 0 Å². The van der Waals surface area contributed by atoms with Gasteiger partial charge in [0.05, 0.1) is 5.41 Å². The van der Waals surface area contributed by atoms with Crippen LogP contribution in [0, 0.1) is 5.41 Å². The van der Waals surface area contributed by atoms with Gasteiger partial charge in [0.2, 0.25) is 0 Å². The molecular formula is C11H18O3. The zero-order valence-corrected chi connectivity index (χ0v) is 8.71. The summed E-state index contributed by atoms with van der Waals surface area (Å²) in [6.45, 7) is 7.02. The van der Waals surface area contributed by atoms with Crippen molar-refractivity contribution in [3.05, 3.63) is 12.2 Å². The lowest BCUT2D eigenvalue weighted by Crippen LogP contribution is -2.37. The Morgan fingerprint density at radius 2 is 2.07 bits per heavy atom. The number of hydrogen-bond acceptors (Lipinski definition) is 2. The first kappa shape index (κ1) is 11.2. The summed E-state index contributed by atoms with van der Waals surface area (Å²) in [7, 11) is 0. The minimum atomic E-state index is -0.699. The minimum Gasteiger partial charge on any atom is -0.481 e. The Hall–Kier alpha value is -0.830. The van der Waals surface area contributed by atoms with Crippen molar-refractivity contribution in [3.63, 3.8) is 0 Å². The van der Waals surface area contributed by atoms with Gasteiger partial charge in [0.25, 0.3) is 0 Å². The summed E-state index contributed by atoms with van der Waals surface area (Å²) in [5.41, 5.74) is 0.417. The molecule has 14 heavy (non-hydrogen) atoms. The van der Waals surface area contributed by atoms with Crippen LogP contribution in [-0.4, -0.2) is 24.3 Å². The van der Waals surface area contributed by atoms with Gasteiger partial charge in [-0.1, -0.05) is 19.1 Å². The molecule has 0 aromatic rings. The summed E-state index contributed by atoms with van der Waals surface area (Å²) in [5, 5.41) is 9.24. The van der Waals surface area contributed by atoms with Crippen molar-refractivity contribution in [2.45, 2.75) is 32.6 Å². The molecule has 1 N–H and O–H groups in total. The monoisotopic (exact) mass is 198 g/mol. The zero-order chi connectivity index (χ0) is 10.6. The number of carboxylic acid groups (broad SMARTS) is 1. The number of carboxylic acids is 1. The van der Waals surface area contributed by atoms with Crippen molar-refractivity contribution in [1.29, 1.82) is 0 Å². The maximum absolute atomic E-state index is 11.2. The quantitative estimate of drug-likeness (QED) is 0.704. The maximum atomic E-state index is 11.2. The van der Waals surface area contributed by atoms with Gasteiger partial charge in [-0.25, -0.2) is 0 Å². The number of rotatable bonds is 4. The zero-order valence-electron chi connectivity index (χ0n) is 8.71. The van der Waals surface area contributed by atoms with Gasteiger partial charge in [-0.05, 0) is 25.7 Å². The highest BCUT2D eigenvalue weighted by molar-refractivity contribution is 5.75. The standard InChI is InChI=1S/C11H18O3/c1-3-9(2)8-11(10(12)13)4-6-14-7-5-11/h2-8H2,1H3,(H,12,13). The Labute approximate surface area is 84.8 Å². The third kappa shape index (κ3) is 2.35. The molecule has 1 rings (SSSR count). The van der Waals surface area contributed by atoms with Crippen LogP contribution in [0.3, 0.4) is 0 Å². The molecule has 3 heteroatoms. The maximum Gasteiger partial charge on any atom is 0.310 e. The van der Waals surface area contributed by atoms with E-state index in [4.69, 9.17) is 4.74 Å². The van der Waals surface area contributed by atoms with Gasteiger partial charge in [0.15, 0.2) is 0 Å². The lowest BCUT2D eigenvalue weighted by molar-refractivity contribution is -0.154. The highest BCUT2D eigenvalue weighted by atomic mass is 16.5. The van der Waals surface area contributed by atoms with Crippen LogP contribution in [0.5, 0.6) is 0 Å². The molecule has 0 aromatic heterocycles. The van der Waals surface area contributed by atoms with Gasteiger partial charge in [0.1, 0.15) is 0 Å². The first-order valence-corrected chi connectivity index (χ1v) is 5.08. The highest BCUT2D eigenvalue weighted by Crippen LogP contribution is 2.37. The molecule has 3 nitrogen and oxygen atoms in total. The van der Waals surface area contributed by atoms with Gasteiger partial charge in [-0.2, -0.15) is 0 Å². The van der Waals surface area contributed by atoms with Crippen LogP contribution in [0.2, 0.25) is 0 Å². The second-order valence-corrected chi connectivity index (χ2v) is 3.98. The van der Waals surface area contributed by atoms with E-state index in [1.165, 1.54) is 0 Å². The molecule has 1 saturated heterocycles. The van der Waals surface area contributed by atoms with E-state index in [1.807, 2.05) is 6.92 Å². The highest BCUT2D eigenvalue weighted by Gasteiger charge is 2.40. The third-order valence-electron chi connectivity index (χ3n) is 2.99. The Bertz CT molecular complexity index is 227. The lowest BCUT2D eigenvalue weighted by Gasteiger charge is -2.33. The molecule has 0 unspecified atom stereocenters. The summed E-state index contributed by atoms with van der Waals surface area (Å²) in [4.78, 5) is 11.2. The van der Waals surface area contributed by atoms with Crippen LogP contribution in [0.1, 0.15) is 32.6 Å². The molecule has 0 aromatic carbocycles. The largest absolute Gasteiger partial charge is 0.481 e. The van der Waals surface area contributed by atoms with E-state index < -0.39 is 11.4 Å². The summed E-state index contributed by atoms with van der Waals surface area (Å²) in [5.74, 6) is -0.699. The fraction of sp³-hybridized carbons (Fsp3) is 0.727. The van der Waals surface area contributed by atoms with E-state index in [2.05, 4.69) is 6.58 Å². The number of ether oxygens (including phenoxy) is 1. The molecule has 1 aliphatic rings. The molecule has 0 bridgehead atoms. The van der Waals surface area contributed by atoms with E-state index >= 15 is 0 Å². The predicted octanol–water partition coefficient (Wildman–Crippen LogP) is 2.22. The van der Waals surface area contributed by atoms with Crippen molar-refractivity contribution in [1.82, 2.24) is 0 Å². The minimum absolute atomic E-state index is 0.559. The Kier molecular flexibility index (Phi) is 3.69. The average Bonchev–Trinajstić information content (AvgIpc) is 2.19. The molecule has 0 amide bonds. The van der Waals surface area contributed by atoms with Crippen LogP contribution >= 0.6 is 0 Å². The van der Waals surface area contributed by atoms with Crippen molar-refractivity contribution >= 4 is 5.97 Å². The van der Waals surface area contributed by atoms with E-state index in [0.29, 0.717) is 32.5 Å². The van der Waals surface area contributed by atoms with Crippen LogP contribution in [-0.2, 0) is 9.53 Å². The Balaban J connectivity index is 2.70. The molecule has 0 atom stereocenters. The molecule has 0 aliphatic carbocycles. The van der Waals surface area contributed by atoms with Crippen LogP contribution < -0.4 is 0 Å². The SMILES string of the molecule is C=C(CC)CC1(C(=O)O)CCOCC1. The lowest BCUT2D eigenvalue weighted by atomic mass is 9.75.